The van der Waals surface area contributed by atoms with Crippen molar-refractivity contribution < 1.29 is 14.0 Å². The molecule has 0 saturated carbocycles. The summed E-state index contributed by atoms with van der Waals surface area (Å²) >= 11 is 5.31. The number of hydrogen-bond acceptors (Lipinski definition) is 5. The smallest absolute Gasteiger partial charge is 0.289 e. The zero-order valence-electron chi connectivity index (χ0n) is 18.6. The third kappa shape index (κ3) is 5.40. The van der Waals surface area contributed by atoms with Crippen molar-refractivity contribution >= 4 is 40.5 Å². The standard InChI is InChI=1S/C25H26N4O3S/c1-17-5-10-21(18(2)16-17)23(30)27-25(33)26-19-6-8-20(9-7-19)28-11-13-29(14-12-28)24(31)22-4-3-15-32-22/h3-10,15-16H,11-14H2,1-2H3,(H2,26,27,30,33). The van der Waals surface area contributed by atoms with E-state index in [0.717, 1.165) is 35.6 Å². The highest BCUT2D eigenvalue weighted by Crippen LogP contribution is 2.20. The molecular formula is C25H26N4O3S. The van der Waals surface area contributed by atoms with Crippen molar-refractivity contribution in [3.8, 4) is 0 Å². The van der Waals surface area contributed by atoms with E-state index in [2.05, 4.69) is 15.5 Å². The van der Waals surface area contributed by atoms with Crippen LogP contribution in [0.15, 0.2) is 65.3 Å². The second-order valence-electron chi connectivity index (χ2n) is 8.03. The molecule has 0 unspecified atom stereocenters. The lowest BCUT2D eigenvalue weighted by Crippen LogP contribution is -2.48. The summed E-state index contributed by atoms with van der Waals surface area (Å²) < 4.78 is 5.22. The molecule has 2 aromatic carbocycles. The van der Waals surface area contributed by atoms with Crippen molar-refractivity contribution in [2.24, 2.45) is 0 Å². The summed E-state index contributed by atoms with van der Waals surface area (Å²) in [4.78, 5) is 29.0. The Kier molecular flexibility index (Phi) is 6.74. The normalized spacial score (nSPS) is 13.5. The number of carbonyl (C=O) groups excluding carboxylic acids is 2. The molecule has 1 fully saturated rings. The van der Waals surface area contributed by atoms with Gasteiger partial charge in [0.15, 0.2) is 10.9 Å². The number of thiocarbonyl (C=S) groups is 1. The molecule has 0 atom stereocenters. The van der Waals surface area contributed by atoms with E-state index in [4.69, 9.17) is 16.6 Å². The molecule has 4 rings (SSSR count). The van der Waals surface area contributed by atoms with Crippen LogP contribution in [0.5, 0.6) is 0 Å². The molecule has 0 bridgehead atoms. The fourth-order valence-electron chi connectivity index (χ4n) is 3.88. The van der Waals surface area contributed by atoms with Crippen LogP contribution in [0.2, 0.25) is 0 Å². The molecule has 0 radical (unpaired) electrons. The summed E-state index contributed by atoms with van der Waals surface area (Å²) in [7, 11) is 0. The minimum Gasteiger partial charge on any atom is -0.459 e. The third-order valence-corrected chi connectivity index (χ3v) is 5.85. The van der Waals surface area contributed by atoms with Gasteiger partial charge in [0, 0.05) is 43.1 Å². The van der Waals surface area contributed by atoms with Crippen LogP contribution in [0.1, 0.15) is 32.0 Å². The fraction of sp³-hybridized carbons (Fsp3) is 0.240. The number of carbonyl (C=O) groups is 2. The van der Waals surface area contributed by atoms with Gasteiger partial charge in [0.25, 0.3) is 11.8 Å². The van der Waals surface area contributed by atoms with Gasteiger partial charge in [0.2, 0.25) is 0 Å². The van der Waals surface area contributed by atoms with Crippen LogP contribution in [-0.4, -0.2) is 48.0 Å². The van der Waals surface area contributed by atoms with E-state index in [1.54, 1.807) is 18.2 Å². The van der Waals surface area contributed by atoms with E-state index < -0.39 is 0 Å². The summed E-state index contributed by atoms with van der Waals surface area (Å²) in [5.41, 5.74) is 4.47. The van der Waals surface area contributed by atoms with Crippen LogP contribution in [0.4, 0.5) is 11.4 Å². The van der Waals surface area contributed by atoms with E-state index in [1.807, 2.05) is 55.1 Å². The Balaban J connectivity index is 1.29. The van der Waals surface area contributed by atoms with E-state index in [0.29, 0.717) is 24.4 Å². The lowest BCUT2D eigenvalue weighted by atomic mass is 10.1. The number of nitrogens with zero attached hydrogens (tertiary/aromatic N) is 2. The van der Waals surface area contributed by atoms with E-state index in [1.165, 1.54) is 6.26 Å². The summed E-state index contributed by atoms with van der Waals surface area (Å²) in [6.07, 6.45) is 1.51. The Hall–Kier alpha value is -3.65. The number of hydrogen-bond donors (Lipinski definition) is 2. The van der Waals surface area contributed by atoms with Gasteiger partial charge in [-0.3, -0.25) is 14.9 Å². The van der Waals surface area contributed by atoms with Crippen molar-refractivity contribution in [3.63, 3.8) is 0 Å². The third-order valence-electron chi connectivity index (χ3n) is 5.64. The average molecular weight is 463 g/mol. The molecule has 8 heteroatoms. The minimum absolute atomic E-state index is 0.0735. The first-order valence-electron chi connectivity index (χ1n) is 10.8. The SMILES string of the molecule is Cc1ccc(C(=O)NC(=S)Nc2ccc(N3CCN(C(=O)c4ccco4)CC3)cc2)c(C)c1. The first kappa shape index (κ1) is 22.5. The van der Waals surface area contributed by atoms with Crippen LogP contribution in [0, 0.1) is 13.8 Å². The quantitative estimate of drug-likeness (QED) is 0.571. The van der Waals surface area contributed by atoms with Crippen molar-refractivity contribution in [1.82, 2.24) is 10.2 Å². The number of nitrogens with one attached hydrogen (secondary N) is 2. The Morgan fingerprint density at radius 3 is 2.33 bits per heavy atom. The number of benzene rings is 2. The minimum atomic E-state index is -0.233. The highest BCUT2D eigenvalue weighted by atomic mass is 32.1. The molecule has 2 N–H and O–H groups in total. The maximum atomic E-state index is 12.5. The topological polar surface area (TPSA) is 77.8 Å². The number of piperazine rings is 1. The van der Waals surface area contributed by atoms with Gasteiger partial charge >= 0.3 is 0 Å². The van der Waals surface area contributed by atoms with Crippen molar-refractivity contribution in [2.75, 3.05) is 36.4 Å². The second kappa shape index (κ2) is 9.87. The van der Waals surface area contributed by atoms with Crippen LogP contribution in [0.3, 0.4) is 0 Å². The van der Waals surface area contributed by atoms with Gasteiger partial charge in [-0.2, -0.15) is 0 Å². The zero-order chi connectivity index (χ0) is 23.4. The first-order valence-corrected chi connectivity index (χ1v) is 11.2. The second-order valence-corrected chi connectivity index (χ2v) is 8.44. The average Bonchev–Trinajstić information content (AvgIpc) is 3.34. The highest BCUT2D eigenvalue weighted by molar-refractivity contribution is 7.80. The molecule has 1 aliphatic rings. The van der Waals surface area contributed by atoms with Gasteiger partial charge in [0.1, 0.15) is 0 Å². The number of aryl methyl sites for hydroxylation is 2. The summed E-state index contributed by atoms with van der Waals surface area (Å²) in [6.45, 7) is 6.64. The Labute approximate surface area is 198 Å². The van der Waals surface area contributed by atoms with Gasteiger partial charge in [0.05, 0.1) is 6.26 Å². The highest BCUT2D eigenvalue weighted by Gasteiger charge is 2.23. The van der Waals surface area contributed by atoms with Crippen molar-refractivity contribution in [2.45, 2.75) is 13.8 Å². The number of rotatable bonds is 4. The van der Waals surface area contributed by atoms with Gasteiger partial charge in [-0.1, -0.05) is 17.7 Å². The van der Waals surface area contributed by atoms with Crippen molar-refractivity contribution in [3.05, 3.63) is 83.3 Å². The Morgan fingerprint density at radius 2 is 1.70 bits per heavy atom. The lowest BCUT2D eigenvalue weighted by molar-refractivity contribution is 0.0714. The lowest BCUT2D eigenvalue weighted by Gasteiger charge is -2.35. The number of anilines is 2. The van der Waals surface area contributed by atoms with Gasteiger partial charge in [-0.25, -0.2) is 0 Å². The van der Waals surface area contributed by atoms with Gasteiger partial charge in [-0.15, -0.1) is 0 Å². The maximum Gasteiger partial charge on any atom is 0.289 e. The molecule has 3 aromatic rings. The predicted octanol–water partition coefficient (Wildman–Crippen LogP) is 3.99. The molecule has 2 amide bonds. The molecule has 1 aliphatic heterocycles. The maximum absolute atomic E-state index is 12.5. The summed E-state index contributed by atoms with van der Waals surface area (Å²) in [6, 6.07) is 16.9. The molecule has 0 spiro atoms. The fourth-order valence-corrected chi connectivity index (χ4v) is 4.09. The molecule has 2 heterocycles. The molecule has 33 heavy (non-hydrogen) atoms. The largest absolute Gasteiger partial charge is 0.459 e. The predicted molar refractivity (Wildman–Crippen MR) is 133 cm³/mol. The van der Waals surface area contributed by atoms with Crippen LogP contribution < -0.4 is 15.5 Å². The van der Waals surface area contributed by atoms with Gasteiger partial charge in [-0.05, 0) is 74.1 Å². The van der Waals surface area contributed by atoms with Gasteiger partial charge < -0.3 is 19.5 Å². The zero-order valence-corrected chi connectivity index (χ0v) is 19.4. The van der Waals surface area contributed by atoms with E-state index in [9.17, 15) is 9.59 Å². The molecule has 7 nitrogen and oxygen atoms in total. The van der Waals surface area contributed by atoms with Crippen LogP contribution >= 0.6 is 12.2 Å². The van der Waals surface area contributed by atoms with E-state index >= 15 is 0 Å². The molecule has 0 aliphatic carbocycles. The van der Waals surface area contributed by atoms with E-state index in [-0.39, 0.29) is 16.9 Å². The Morgan fingerprint density at radius 1 is 0.970 bits per heavy atom. The Bertz CT molecular complexity index is 1150. The molecule has 170 valence electrons. The van der Waals surface area contributed by atoms with Crippen LogP contribution in [0.25, 0.3) is 0 Å². The number of furan rings is 1. The van der Waals surface area contributed by atoms with Crippen molar-refractivity contribution in [1.29, 1.82) is 0 Å². The molecule has 1 aromatic heterocycles. The first-order chi connectivity index (χ1) is 15.9. The summed E-state index contributed by atoms with van der Waals surface area (Å²) in [5, 5.41) is 6.04. The monoisotopic (exact) mass is 462 g/mol. The summed E-state index contributed by atoms with van der Waals surface area (Å²) in [5.74, 6) is 0.0682. The molecule has 1 saturated heterocycles. The van der Waals surface area contributed by atoms with Crippen LogP contribution in [-0.2, 0) is 0 Å². The number of amides is 2. The molecular weight excluding hydrogens is 436 g/mol.